The number of carbonyl (C=O) groups excluding carboxylic acids is 3. The fraction of sp³-hybridized carbons (Fsp3) is 0.218. The number of aromatic nitrogens is 24. The molecular weight excluding hydrogens is 1570 g/mol. The van der Waals surface area contributed by atoms with Crippen LogP contribution in [0.5, 0.6) is 0 Å². The fourth-order valence-electron chi connectivity index (χ4n) is 16.4. The van der Waals surface area contributed by atoms with E-state index >= 15 is 0 Å². The molecule has 2 aliphatic heterocycles. The van der Waals surface area contributed by atoms with Gasteiger partial charge < -0.3 is 28.8 Å². The zero-order valence-corrected chi connectivity index (χ0v) is 66.1. The number of hydrogen-bond donors (Lipinski definition) is 9. The first-order chi connectivity index (χ1) is 60.5. The second-order valence-corrected chi connectivity index (χ2v) is 29.7. The van der Waals surface area contributed by atoms with Crippen LogP contribution in [0.15, 0.2) is 170 Å². The molecular formula is C87H76N26O10. The molecule has 2 saturated heterocycles. The maximum Gasteiger partial charge on any atom is 0.361 e. The third kappa shape index (κ3) is 16.2. The van der Waals surface area contributed by atoms with Crippen LogP contribution in [0, 0.1) is 0 Å². The Bertz CT molecular complexity index is 6560. The number of morpholine rings is 2. The molecule has 6 aliphatic rings. The van der Waals surface area contributed by atoms with Gasteiger partial charge in [0, 0.05) is 83.8 Å². The third-order valence-electron chi connectivity index (χ3n) is 22.4. The average molecular weight is 1650 g/mol. The van der Waals surface area contributed by atoms with Gasteiger partial charge in [-0.25, -0.2) is 19.2 Å². The van der Waals surface area contributed by atoms with Gasteiger partial charge in [-0.15, -0.1) is 20.4 Å². The van der Waals surface area contributed by atoms with E-state index in [2.05, 4.69) is 236 Å². The summed E-state index contributed by atoms with van der Waals surface area (Å²) in [5, 5.41) is 94.6. The van der Waals surface area contributed by atoms with Gasteiger partial charge in [0.05, 0.1) is 64.4 Å². The van der Waals surface area contributed by atoms with Gasteiger partial charge in [0.15, 0.2) is 22.8 Å². The van der Waals surface area contributed by atoms with Crippen molar-refractivity contribution in [1.29, 1.82) is 0 Å². The highest BCUT2D eigenvalue weighted by Crippen LogP contribution is 2.45. The molecule has 0 amide bonds. The minimum Gasteiger partial charge on any atom is -0.476 e. The number of aromatic amines is 8. The SMILES string of the molecule is CCOC(=O)c1n[nH]nc1-c1ccc2c(c1)Cc1cc(-c3cn[nH]n3)ccc1-2.O=C(O)c1n[nH]nc1-c1ccc2c(c1)Cc1cc(-c3cn[nH]n3)ccc1-2.O=C(OCCCN1CCOCC1)c1n[nH]nc1-c1ccc2c(c1)Cc1cc(-c3cn[nH]n3)ccc1-2.O=C(OCCN1CCOCC1)c1n[nH]nc1-c1ccc2c(c1)Cc1cc(-c3cn[nH]n3)ccc1-2. The number of esters is 3. The van der Waals surface area contributed by atoms with Crippen molar-refractivity contribution in [3.63, 3.8) is 0 Å². The van der Waals surface area contributed by atoms with Gasteiger partial charge in [-0.3, -0.25) is 9.80 Å². The maximum atomic E-state index is 12.7. The largest absolute Gasteiger partial charge is 0.476 e. The first-order valence-corrected chi connectivity index (χ1v) is 40.0. The van der Waals surface area contributed by atoms with Gasteiger partial charge in [-0.05, 0) is 177 Å². The molecule has 0 spiro atoms. The van der Waals surface area contributed by atoms with Crippen LogP contribution in [-0.2, 0) is 49.4 Å². The van der Waals surface area contributed by atoms with Crippen molar-refractivity contribution >= 4 is 23.9 Å². The van der Waals surface area contributed by atoms with E-state index in [1.165, 1.54) is 77.9 Å². The first kappa shape index (κ1) is 77.5. The van der Waals surface area contributed by atoms with Crippen molar-refractivity contribution in [3.05, 3.63) is 238 Å². The zero-order valence-electron chi connectivity index (χ0n) is 66.1. The molecule has 9 N–H and O–H groups in total. The number of nitrogens with zero attached hydrogens (tertiary/aromatic N) is 18. The zero-order chi connectivity index (χ0) is 83.3. The summed E-state index contributed by atoms with van der Waals surface area (Å²) in [7, 11) is 0. The van der Waals surface area contributed by atoms with Crippen LogP contribution in [-0.4, -0.2) is 248 Å². The Morgan fingerprint density at radius 2 is 0.593 bits per heavy atom. The number of ether oxygens (including phenoxy) is 5. The topological polar surface area (TPSA) is 474 Å². The summed E-state index contributed by atoms with van der Waals surface area (Å²) in [6.07, 6.45) is 10.8. The molecule has 36 nitrogen and oxygen atoms in total. The number of H-pyrrole nitrogens is 8. The lowest BCUT2D eigenvalue weighted by Gasteiger charge is -2.26. The summed E-state index contributed by atoms with van der Waals surface area (Å²) in [5.74, 6) is -2.52. The van der Waals surface area contributed by atoms with Crippen LogP contribution in [0.4, 0.5) is 0 Å². The molecule has 2 fully saturated rings. The minimum atomic E-state index is -1.10. The van der Waals surface area contributed by atoms with Crippen molar-refractivity contribution in [2.45, 2.75) is 39.0 Å². The number of benzene rings is 8. The van der Waals surface area contributed by atoms with Crippen molar-refractivity contribution in [1.82, 2.24) is 133 Å². The lowest BCUT2D eigenvalue weighted by molar-refractivity contribution is 0.0193. The summed E-state index contributed by atoms with van der Waals surface area (Å²) < 4.78 is 26.8. The third-order valence-corrected chi connectivity index (χ3v) is 22.4. The Labute approximate surface area is 698 Å². The van der Waals surface area contributed by atoms with E-state index < -0.39 is 23.9 Å². The van der Waals surface area contributed by atoms with Crippen LogP contribution >= 0.6 is 0 Å². The maximum absolute atomic E-state index is 12.7. The quantitative estimate of drug-likeness (QED) is 0.0194. The van der Waals surface area contributed by atoms with Crippen LogP contribution in [0.2, 0.25) is 0 Å². The molecule has 8 aromatic carbocycles. The van der Waals surface area contributed by atoms with Crippen molar-refractivity contribution in [2.75, 3.05) is 85.5 Å². The summed E-state index contributed by atoms with van der Waals surface area (Å²) in [6, 6.07) is 49.4. The van der Waals surface area contributed by atoms with E-state index in [0.29, 0.717) is 62.4 Å². The fourth-order valence-corrected chi connectivity index (χ4v) is 16.4. The summed E-state index contributed by atoms with van der Waals surface area (Å²) >= 11 is 0. The van der Waals surface area contributed by atoms with E-state index in [1.54, 1.807) is 31.7 Å². The monoisotopic (exact) mass is 1640 g/mol. The van der Waals surface area contributed by atoms with Gasteiger partial charge >= 0.3 is 23.9 Å². The Balaban J connectivity index is 0.000000108. The number of rotatable bonds is 20. The summed E-state index contributed by atoms with van der Waals surface area (Å²) in [4.78, 5) is 53.3. The van der Waals surface area contributed by atoms with Gasteiger partial charge in [0.25, 0.3) is 0 Å². The number of hydrogen-bond acceptors (Lipinski definition) is 27. The predicted octanol–water partition coefficient (Wildman–Crippen LogP) is 10.6. The second kappa shape index (κ2) is 34.5. The number of carbonyl (C=O) groups is 4. The van der Waals surface area contributed by atoms with E-state index in [-0.39, 0.29) is 22.8 Å². The van der Waals surface area contributed by atoms with E-state index in [4.69, 9.17) is 23.7 Å². The molecule has 0 unspecified atom stereocenters. The highest BCUT2D eigenvalue weighted by molar-refractivity contribution is 5.98. The Morgan fingerprint density at radius 1 is 0.325 bits per heavy atom. The van der Waals surface area contributed by atoms with E-state index in [0.717, 1.165) is 156 Å². The second-order valence-electron chi connectivity index (χ2n) is 29.7. The number of aromatic carboxylic acids is 1. The molecule has 4 aliphatic carbocycles. The molecule has 614 valence electrons. The van der Waals surface area contributed by atoms with Crippen molar-refractivity contribution in [3.8, 4) is 135 Å². The van der Waals surface area contributed by atoms with Crippen molar-refractivity contribution < 1.29 is 48.0 Å². The molecule has 22 rings (SSSR count). The predicted molar refractivity (Wildman–Crippen MR) is 444 cm³/mol. The van der Waals surface area contributed by atoms with Crippen LogP contribution < -0.4 is 0 Å². The Hall–Kier alpha value is -15.4. The Morgan fingerprint density at radius 3 is 0.886 bits per heavy atom. The number of nitrogens with one attached hydrogen (secondary N) is 8. The average Bonchev–Trinajstić information content (AvgIpc) is 1.63. The van der Waals surface area contributed by atoms with E-state index in [1.807, 2.05) is 42.5 Å². The van der Waals surface area contributed by atoms with E-state index in [9.17, 15) is 24.3 Å². The molecule has 10 heterocycles. The van der Waals surface area contributed by atoms with Crippen LogP contribution in [0.3, 0.4) is 0 Å². The molecule has 0 saturated carbocycles. The van der Waals surface area contributed by atoms with Crippen LogP contribution in [0.1, 0.15) is 99.8 Å². The minimum absolute atomic E-state index is 0.0752. The highest BCUT2D eigenvalue weighted by atomic mass is 16.5. The Kier molecular flexibility index (Phi) is 21.7. The van der Waals surface area contributed by atoms with Gasteiger partial charge in [-0.1, -0.05) is 97.1 Å². The lowest BCUT2D eigenvalue weighted by atomic mass is 10.0. The molecule has 8 aromatic heterocycles. The highest BCUT2D eigenvalue weighted by Gasteiger charge is 2.30. The standard InChI is InChI=1S/C25H25N7O3.C24H23N7O3.C20H16N6O2.C18H12N6O2/c33-25(35-9-1-6-32-7-10-34-11-8-32)24-23(28-31-29-24)17-3-5-21-19(13-17)14-18-12-16(2-4-20(18)21)22-15-26-30-27-22;32-24(34-10-7-31-5-8-33-9-6-31)23-22(27-30-28-23)16-2-4-20-18(12-16)13-17-11-15(1-3-19(17)20)21-14-25-29-26-21;1-2-28-20(27)19-18(23-26-24-19)12-4-6-16-14(8-12)9-13-7-11(3-5-15(13)16)17-10-21-25-22-17;25-18(26)17-16(21-24-22-17)10-2-4-14-12(6-10)7-11-5-9(1-3-13(11)14)15-8-19-23-20-15/h2-5,12-13,15H,1,6-11,14H2,(H,26,27,30)(H,28,29,31);1-4,11-12,14H,5-10,13H2,(H,25,26,29)(H,27,28,30);3-8,10H,2,9H2,1H3,(H,21,22,25)(H,23,24,26);1-6,8H,7H2,(H,25,26)(H,19,20,23)(H,21,22,24). The smallest absolute Gasteiger partial charge is 0.361 e. The molecule has 16 aromatic rings. The summed E-state index contributed by atoms with van der Waals surface area (Å²) in [5.41, 5.74) is 32.1. The van der Waals surface area contributed by atoms with Crippen molar-refractivity contribution in [2.24, 2.45) is 0 Å². The van der Waals surface area contributed by atoms with Gasteiger partial charge in [-0.2, -0.15) is 103 Å². The summed E-state index contributed by atoms with van der Waals surface area (Å²) in [6.45, 7) is 10.8. The van der Waals surface area contributed by atoms with Gasteiger partial charge in [0.1, 0.15) is 52.2 Å². The molecule has 36 heteroatoms. The molecule has 123 heavy (non-hydrogen) atoms. The lowest BCUT2D eigenvalue weighted by Crippen LogP contribution is -2.38. The molecule has 0 bridgehead atoms. The number of carboxylic acid groups (broad SMARTS) is 1. The van der Waals surface area contributed by atoms with Crippen LogP contribution in [0.25, 0.3) is 135 Å². The number of fused-ring (bicyclic) bond motifs is 12. The molecule has 0 atom stereocenters. The number of carboxylic acids is 1. The normalized spacial score (nSPS) is 13.7. The first-order valence-electron chi connectivity index (χ1n) is 40.0. The molecule has 0 radical (unpaired) electrons. The van der Waals surface area contributed by atoms with Gasteiger partial charge in [0.2, 0.25) is 0 Å².